The third-order valence-corrected chi connectivity index (χ3v) is 8.02. The van der Waals surface area contributed by atoms with Crippen molar-refractivity contribution in [3.8, 4) is 17.0 Å². The summed E-state index contributed by atoms with van der Waals surface area (Å²) in [7, 11) is 5.12. The molecule has 6 rings (SSSR count). The van der Waals surface area contributed by atoms with Crippen molar-refractivity contribution in [1.29, 1.82) is 0 Å². The summed E-state index contributed by atoms with van der Waals surface area (Å²) in [6.45, 7) is 5.38. The molecule has 214 valence electrons. The third kappa shape index (κ3) is 5.55. The van der Waals surface area contributed by atoms with Crippen LogP contribution in [0.3, 0.4) is 0 Å². The largest absolute Gasteiger partial charge is 0.491 e. The Morgan fingerprint density at radius 3 is 2.46 bits per heavy atom. The maximum Gasteiger partial charge on any atom is 0.255 e. The topological polar surface area (TPSA) is 109 Å². The molecule has 0 unspecified atom stereocenters. The average Bonchev–Trinajstić information content (AvgIpc) is 3.35. The number of pyridine rings is 1. The minimum Gasteiger partial charge on any atom is -0.491 e. The van der Waals surface area contributed by atoms with Gasteiger partial charge in [0.15, 0.2) is 0 Å². The number of amides is 1. The smallest absolute Gasteiger partial charge is 0.255 e. The summed E-state index contributed by atoms with van der Waals surface area (Å²) in [6.07, 6.45) is 6.05. The normalized spacial score (nSPS) is 16.0. The Hall–Kier alpha value is -4.22. The number of nitrogens with one attached hydrogen (secondary N) is 2. The Morgan fingerprint density at radius 1 is 1.05 bits per heavy atom. The highest BCUT2D eigenvalue weighted by Gasteiger charge is 2.39. The number of hydrogen-bond donors (Lipinski definition) is 2. The molecule has 4 aromatic rings. The van der Waals surface area contributed by atoms with Crippen molar-refractivity contribution in [2.45, 2.75) is 12.8 Å². The number of rotatable bonds is 9. The molecule has 0 atom stereocenters. The van der Waals surface area contributed by atoms with E-state index in [1.165, 1.54) is 12.8 Å². The van der Waals surface area contributed by atoms with Gasteiger partial charge in [-0.15, -0.1) is 5.10 Å². The number of aromatic nitrogens is 4. The third-order valence-electron chi connectivity index (χ3n) is 8.02. The van der Waals surface area contributed by atoms with Gasteiger partial charge in [-0.3, -0.25) is 4.79 Å². The number of carbonyl (C=O) groups is 1. The molecule has 0 bridgehead atoms. The van der Waals surface area contributed by atoms with Crippen LogP contribution in [0.25, 0.3) is 16.8 Å². The zero-order valence-electron chi connectivity index (χ0n) is 23.8. The summed E-state index contributed by atoms with van der Waals surface area (Å²) < 4.78 is 12.5. The Balaban J connectivity index is 1.24. The van der Waals surface area contributed by atoms with Crippen molar-refractivity contribution in [3.05, 3.63) is 60.4 Å². The van der Waals surface area contributed by atoms with E-state index in [9.17, 15) is 4.79 Å². The van der Waals surface area contributed by atoms with E-state index < -0.39 is 0 Å². The molecule has 1 amide bonds. The molecule has 11 nitrogen and oxygen atoms in total. The zero-order valence-corrected chi connectivity index (χ0v) is 23.8. The number of carbonyl (C=O) groups excluding carboxylic acids is 1. The van der Waals surface area contributed by atoms with Gasteiger partial charge in [-0.2, -0.15) is 0 Å². The molecule has 2 N–H and O–H groups in total. The molecule has 2 fully saturated rings. The minimum absolute atomic E-state index is 0.116. The quantitative estimate of drug-likeness (QED) is 0.300. The molecule has 2 aliphatic heterocycles. The standard InChI is InChI=1S/C30H36N8O3/c1-36(2)28(39)25-16-23-18-33-29(35-38(23)27(25)21-4-7-24(8-5-21)41-15-14-40-3)34-26-9-6-22(17-32-26)37-12-10-30(11-13-37)19-31-20-30/h4-9,16-18,31H,10-15,19-20H2,1-3H3,(H,32,34,35). The SMILES string of the molecule is COCCOc1ccc(-c2c(C(=O)N(C)C)cc3cnc(Nc4ccc(N5CCC6(CC5)CNC6)cn4)nn23)cc1. The lowest BCUT2D eigenvalue weighted by Gasteiger charge is -2.48. The molecular weight excluding hydrogens is 520 g/mol. The summed E-state index contributed by atoms with van der Waals surface area (Å²) in [5.41, 5.74) is 4.41. The maximum atomic E-state index is 13.1. The second-order valence-corrected chi connectivity index (χ2v) is 11.0. The van der Waals surface area contributed by atoms with Gasteiger partial charge in [-0.1, -0.05) is 0 Å². The lowest BCUT2D eigenvalue weighted by molar-refractivity contribution is 0.0828. The molecule has 11 heteroatoms. The fraction of sp³-hybridized carbons (Fsp3) is 0.400. The van der Waals surface area contributed by atoms with Crippen LogP contribution in [0, 0.1) is 5.41 Å². The fourth-order valence-electron chi connectivity index (χ4n) is 5.49. The predicted molar refractivity (Wildman–Crippen MR) is 158 cm³/mol. The van der Waals surface area contributed by atoms with E-state index in [4.69, 9.17) is 14.6 Å². The van der Waals surface area contributed by atoms with E-state index >= 15 is 0 Å². The molecule has 41 heavy (non-hydrogen) atoms. The van der Waals surface area contributed by atoms with Gasteiger partial charge in [0, 0.05) is 52.9 Å². The van der Waals surface area contributed by atoms with Crippen molar-refractivity contribution >= 4 is 28.9 Å². The molecule has 0 radical (unpaired) electrons. The second-order valence-electron chi connectivity index (χ2n) is 11.0. The lowest BCUT2D eigenvalue weighted by Crippen LogP contribution is -2.58. The molecule has 5 heterocycles. The van der Waals surface area contributed by atoms with Crippen LogP contribution < -0.4 is 20.3 Å². The van der Waals surface area contributed by atoms with E-state index in [0.29, 0.717) is 47.2 Å². The van der Waals surface area contributed by atoms with Crippen LogP contribution in [0.1, 0.15) is 23.2 Å². The van der Waals surface area contributed by atoms with Gasteiger partial charge in [0.1, 0.15) is 18.2 Å². The van der Waals surface area contributed by atoms with Crippen LogP contribution in [0.5, 0.6) is 5.75 Å². The highest BCUT2D eigenvalue weighted by molar-refractivity contribution is 6.02. The first kappa shape index (κ1) is 27.0. The second kappa shape index (κ2) is 11.3. The van der Waals surface area contributed by atoms with Gasteiger partial charge < -0.3 is 29.9 Å². The number of anilines is 3. The van der Waals surface area contributed by atoms with Crippen LogP contribution in [-0.2, 0) is 4.74 Å². The van der Waals surface area contributed by atoms with E-state index in [-0.39, 0.29) is 5.91 Å². The van der Waals surface area contributed by atoms with Crippen molar-refractivity contribution in [2.24, 2.45) is 5.41 Å². The van der Waals surface area contributed by atoms with Crippen molar-refractivity contribution in [3.63, 3.8) is 0 Å². The first-order chi connectivity index (χ1) is 19.9. The lowest BCUT2D eigenvalue weighted by atomic mass is 9.73. The van der Waals surface area contributed by atoms with Crippen molar-refractivity contribution in [1.82, 2.24) is 29.8 Å². The Labute approximate surface area is 239 Å². The number of piperidine rings is 1. The molecule has 0 aliphatic carbocycles. The number of methoxy groups -OCH3 is 1. The predicted octanol–water partition coefficient (Wildman–Crippen LogP) is 3.45. The summed E-state index contributed by atoms with van der Waals surface area (Å²) in [5.74, 6) is 1.65. The van der Waals surface area contributed by atoms with E-state index in [1.54, 1.807) is 36.8 Å². The first-order valence-electron chi connectivity index (χ1n) is 14.0. The minimum atomic E-state index is -0.116. The number of ether oxygens (including phenoxy) is 2. The van der Waals surface area contributed by atoms with Gasteiger partial charge in [-0.05, 0) is 60.7 Å². The average molecular weight is 557 g/mol. The van der Waals surface area contributed by atoms with Gasteiger partial charge in [-0.25, -0.2) is 14.5 Å². The summed E-state index contributed by atoms with van der Waals surface area (Å²) in [5, 5.41) is 11.4. The molecule has 0 saturated carbocycles. The van der Waals surface area contributed by atoms with Gasteiger partial charge in [0.25, 0.3) is 5.91 Å². The van der Waals surface area contributed by atoms with Crippen molar-refractivity contribution < 1.29 is 14.3 Å². The Morgan fingerprint density at radius 2 is 1.83 bits per heavy atom. The van der Waals surface area contributed by atoms with Crippen LogP contribution in [-0.4, -0.2) is 91.0 Å². The molecule has 1 aromatic carbocycles. The number of nitrogens with zero attached hydrogens (tertiary/aromatic N) is 6. The zero-order chi connectivity index (χ0) is 28.4. The van der Waals surface area contributed by atoms with Gasteiger partial charge >= 0.3 is 0 Å². The number of fused-ring (bicyclic) bond motifs is 1. The van der Waals surface area contributed by atoms with E-state index in [1.807, 2.05) is 42.6 Å². The highest BCUT2D eigenvalue weighted by atomic mass is 16.5. The fourth-order valence-corrected chi connectivity index (χ4v) is 5.49. The van der Waals surface area contributed by atoms with E-state index in [2.05, 4.69) is 31.6 Å². The molecule has 2 saturated heterocycles. The summed E-state index contributed by atoms with van der Waals surface area (Å²) >= 11 is 0. The Kier molecular flexibility index (Phi) is 7.46. The molecule has 1 spiro atoms. The van der Waals surface area contributed by atoms with Crippen LogP contribution in [0.2, 0.25) is 0 Å². The number of hydrogen-bond acceptors (Lipinski definition) is 9. The van der Waals surface area contributed by atoms with Gasteiger partial charge in [0.05, 0.1) is 41.5 Å². The van der Waals surface area contributed by atoms with Crippen LogP contribution in [0.4, 0.5) is 17.5 Å². The molecule has 2 aliphatic rings. The molecular formula is C30H36N8O3. The highest BCUT2D eigenvalue weighted by Crippen LogP contribution is 2.36. The van der Waals surface area contributed by atoms with Crippen LogP contribution in [0.15, 0.2) is 54.9 Å². The monoisotopic (exact) mass is 556 g/mol. The van der Waals surface area contributed by atoms with Gasteiger partial charge in [0.2, 0.25) is 5.95 Å². The molecule has 3 aromatic heterocycles. The van der Waals surface area contributed by atoms with Crippen molar-refractivity contribution in [2.75, 3.05) is 70.8 Å². The number of benzene rings is 1. The maximum absolute atomic E-state index is 13.1. The van der Waals surface area contributed by atoms with Crippen LogP contribution >= 0.6 is 0 Å². The Bertz CT molecular complexity index is 1500. The summed E-state index contributed by atoms with van der Waals surface area (Å²) in [4.78, 5) is 26.2. The summed E-state index contributed by atoms with van der Waals surface area (Å²) in [6, 6.07) is 13.5. The first-order valence-corrected chi connectivity index (χ1v) is 14.0. The van der Waals surface area contributed by atoms with E-state index in [0.717, 1.165) is 43.2 Å².